The highest BCUT2D eigenvalue weighted by Gasteiger charge is 2.16. The van der Waals surface area contributed by atoms with Gasteiger partial charge in [-0.3, -0.25) is 4.79 Å². The van der Waals surface area contributed by atoms with Crippen LogP contribution in [-0.2, 0) is 6.67 Å². The van der Waals surface area contributed by atoms with E-state index in [-0.39, 0.29) is 6.67 Å². The maximum absolute atomic E-state index is 11.7. The summed E-state index contributed by atoms with van der Waals surface area (Å²) in [6, 6.07) is 0. The molecule has 0 aliphatic heterocycles. The van der Waals surface area contributed by atoms with E-state index in [1.54, 1.807) is 0 Å². The van der Waals surface area contributed by atoms with Gasteiger partial charge in [0.25, 0.3) is 5.56 Å². The molecule has 1 N–H and O–H groups in total. The summed E-state index contributed by atoms with van der Waals surface area (Å²) < 4.78 is 1.97. The summed E-state index contributed by atoms with van der Waals surface area (Å²) in [5.74, 6) is -0.428. The Hall–Kier alpha value is -2.71. The Morgan fingerprint density at radius 1 is 1.50 bits per heavy atom. The lowest BCUT2D eigenvalue weighted by Gasteiger charge is -2.04. The van der Waals surface area contributed by atoms with Crippen LogP contribution in [0.5, 0.6) is 0 Å². The van der Waals surface area contributed by atoms with Crippen molar-refractivity contribution in [2.24, 2.45) is 0 Å². The fourth-order valence-electron chi connectivity index (χ4n) is 1.48. The zero-order valence-corrected chi connectivity index (χ0v) is 9.36. The molecule has 2 heterocycles. The minimum absolute atomic E-state index is 0.258. The van der Waals surface area contributed by atoms with Crippen LogP contribution in [0.4, 0.5) is 5.95 Å². The van der Waals surface area contributed by atoms with Crippen LogP contribution in [0.3, 0.4) is 0 Å². The summed E-state index contributed by atoms with van der Waals surface area (Å²) in [5.41, 5.74) is -0.785. The van der Waals surface area contributed by atoms with E-state index in [2.05, 4.69) is 9.97 Å². The fourth-order valence-corrected chi connectivity index (χ4v) is 1.48. The Morgan fingerprint density at radius 3 is 2.89 bits per heavy atom. The summed E-state index contributed by atoms with van der Waals surface area (Å²) in [5, 5.41) is 10.7. The third-order valence-electron chi connectivity index (χ3n) is 2.39. The number of hydrogen-bond donors (Lipinski definition) is 1. The molecular formula is C9H9N5O4. The number of nitro groups is 1. The molecule has 0 aromatic carbocycles. The standard InChI is InChI=1S/C9H9N5O4/c1-6-4-11-9(16)13(7(6)15)5-12-3-2-10-8(12)14(17)18/h2-4H,5H2,1H3,(H,11,16). The third-order valence-corrected chi connectivity index (χ3v) is 2.39. The van der Waals surface area contributed by atoms with Crippen molar-refractivity contribution in [3.8, 4) is 0 Å². The van der Waals surface area contributed by atoms with E-state index in [4.69, 9.17) is 0 Å². The predicted molar refractivity (Wildman–Crippen MR) is 60.3 cm³/mol. The van der Waals surface area contributed by atoms with E-state index in [0.29, 0.717) is 5.56 Å². The van der Waals surface area contributed by atoms with Crippen LogP contribution in [0.25, 0.3) is 0 Å². The molecule has 0 saturated carbocycles. The zero-order chi connectivity index (χ0) is 13.3. The molecular weight excluding hydrogens is 242 g/mol. The molecule has 0 saturated heterocycles. The lowest BCUT2D eigenvalue weighted by atomic mass is 10.4. The number of nitrogens with one attached hydrogen (secondary N) is 1. The molecule has 0 fully saturated rings. The van der Waals surface area contributed by atoms with Gasteiger partial charge in [0.1, 0.15) is 12.4 Å². The minimum Gasteiger partial charge on any atom is -0.390 e. The summed E-state index contributed by atoms with van der Waals surface area (Å²) in [6.07, 6.45) is 3.85. The van der Waals surface area contributed by atoms with Gasteiger partial charge in [-0.15, -0.1) is 0 Å². The quantitative estimate of drug-likeness (QED) is 0.580. The second kappa shape index (κ2) is 4.28. The summed E-state index contributed by atoms with van der Waals surface area (Å²) >= 11 is 0. The van der Waals surface area contributed by atoms with Crippen molar-refractivity contribution in [1.82, 2.24) is 19.1 Å². The van der Waals surface area contributed by atoms with Crippen molar-refractivity contribution in [3.63, 3.8) is 0 Å². The number of aromatic nitrogens is 4. The number of aryl methyl sites for hydroxylation is 1. The number of imidazole rings is 1. The molecule has 0 radical (unpaired) electrons. The highest BCUT2D eigenvalue weighted by Crippen LogP contribution is 2.06. The number of hydrogen-bond acceptors (Lipinski definition) is 5. The maximum Gasteiger partial charge on any atom is 0.436 e. The minimum atomic E-state index is -0.685. The fraction of sp³-hybridized carbons (Fsp3) is 0.222. The van der Waals surface area contributed by atoms with Crippen LogP contribution in [0, 0.1) is 17.0 Å². The molecule has 0 aliphatic rings. The SMILES string of the molecule is Cc1c[nH]c(=O)n(Cn2ccnc2[N+](=O)[O-])c1=O. The van der Waals surface area contributed by atoms with Gasteiger partial charge in [0.05, 0.1) is 0 Å². The van der Waals surface area contributed by atoms with Crippen molar-refractivity contribution in [3.05, 3.63) is 55.1 Å². The number of rotatable bonds is 3. The largest absolute Gasteiger partial charge is 0.436 e. The van der Waals surface area contributed by atoms with Gasteiger partial charge in [-0.1, -0.05) is 4.98 Å². The molecule has 0 unspecified atom stereocenters. The van der Waals surface area contributed by atoms with E-state index in [1.807, 2.05) is 0 Å². The average molecular weight is 251 g/mol. The van der Waals surface area contributed by atoms with Crippen molar-refractivity contribution in [1.29, 1.82) is 0 Å². The van der Waals surface area contributed by atoms with Crippen LogP contribution < -0.4 is 11.2 Å². The highest BCUT2D eigenvalue weighted by atomic mass is 16.6. The predicted octanol–water partition coefficient (Wildman–Crippen LogP) is -0.544. The first-order valence-corrected chi connectivity index (χ1v) is 4.95. The summed E-state index contributed by atoms with van der Waals surface area (Å²) in [7, 11) is 0. The molecule has 2 rings (SSSR count). The summed E-state index contributed by atoms with van der Waals surface area (Å²) in [6.45, 7) is 1.28. The zero-order valence-electron chi connectivity index (χ0n) is 9.36. The molecule has 18 heavy (non-hydrogen) atoms. The van der Waals surface area contributed by atoms with E-state index in [1.165, 1.54) is 25.5 Å². The lowest BCUT2D eigenvalue weighted by molar-refractivity contribution is -0.396. The van der Waals surface area contributed by atoms with Gasteiger partial charge in [-0.2, -0.15) is 0 Å². The van der Waals surface area contributed by atoms with Gasteiger partial charge in [0, 0.05) is 11.8 Å². The van der Waals surface area contributed by atoms with Gasteiger partial charge < -0.3 is 15.1 Å². The molecule has 94 valence electrons. The van der Waals surface area contributed by atoms with Crippen LogP contribution >= 0.6 is 0 Å². The molecule has 0 amide bonds. The van der Waals surface area contributed by atoms with Crippen LogP contribution in [0.2, 0.25) is 0 Å². The second-order valence-corrected chi connectivity index (χ2v) is 3.61. The smallest absolute Gasteiger partial charge is 0.390 e. The van der Waals surface area contributed by atoms with Crippen molar-refractivity contribution in [2.75, 3.05) is 0 Å². The number of aromatic amines is 1. The first kappa shape index (κ1) is 11.8. The topological polar surface area (TPSA) is 116 Å². The normalized spacial score (nSPS) is 10.5. The molecule has 0 aliphatic carbocycles. The lowest BCUT2D eigenvalue weighted by Crippen LogP contribution is -2.37. The molecule has 2 aromatic rings. The van der Waals surface area contributed by atoms with Gasteiger partial charge in [-0.25, -0.2) is 13.9 Å². The Kier molecular flexibility index (Phi) is 2.80. The molecule has 0 spiro atoms. The van der Waals surface area contributed by atoms with Gasteiger partial charge in [0.15, 0.2) is 6.67 Å². The monoisotopic (exact) mass is 251 g/mol. The van der Waals surface area contributed by atoms with Crippen LogP contribution in [0.15, 0.2) is 28.2 Å². The van der Waals surface area contributed by atoms with Gasteiger partial charge in [-0.05, 0) is 11.8 Å². The van der Waals surface area contributed by atoms with Crippen molar-refractivity contribution >= 4 is 5.95 Å². The number of H-pyrrole nitrogens is 1. The average Bonchev–Trinajstić information content (AvgIpc) is 2.78. The van der Waals surface area contributed by atoms with E-state index >= 15 is 0 Å². The Bertz CT molecular complexity index is 710. The van der Waals surface area contributed by atoms with Crippen LogP contribution in [0.1, 0.15) is 5.56 Å². The number of nitrogens with zero attached hydrogens (tertiary/aromatic N) is 4. The highest BCUT2D eigenvalue weighted by molar-refractivity contribution is 5.07. The molecule has 2 aromatic heterocycles. The molecule has 9 heteroatoms. The summed E-state index contributed by atoms with van der Waals surface area (Å²) in [4.78, 5) is 39.1. The Balaban J connectivity index is 2.50. The van der Waals surface area contributed by atoms with E-state index in [9.17, 15) is 19.7 Å². The van der Waals surface area contributed by atoms with Crippen LogP contribution in [-0.4, -0.2) is 24.0 Å². The first-order chi connectivity index (χ1) is 8.50. The van der Waals surface area contributed by atoms with E-state index < -0.39 is 22.1 Å². The Morgan fingerprint density at radius 2 is 2.22 bits per heavy atom. The molecule has 0 bridgehead atoms. The van der Waals surface area contributed by atoms with E-state index in [0.717, 1.165) is 9.13 Å². The second-order valence-electron chi connectivity index (χ2n) is 3.61. The first-order valence-electron chi connectivity index (χ1n) is 4.95. The van der Waals surface area contributed by atoms with Crippen molar-refractivity contribution < 1.29 is 4.92 Å². The molecule has 9 nitrogen and oxygen atoms in total. The Labute approximate surface area is 99.5 Å². The third kappa shape index (κ3) is 1.93. The molecule has 0 atom stereocenters. The maximum atomic E-state index is 11.7. The van der Waals surface area contributed by atoms with Gasteiger partial charge >= 0.3 is 11.6 Å². The van der Waals surface area contributed by atoms with Gasteiger partial charge in [0.2, 0.25) is 0 Å². The van der Waals surface area contributed by atoms with Crippen molar-refractivity contribution in [2.45, 2.75) is 13.6 Å².